The van der Waals surface area contributed by atoms with Crippen LogP contribution in [0.5, 0.6) is 0 Å². The average Bonchev–Trinajstić information content (AvgIpc) is 3.08. The maximum Gasteiger partial charge on any atom is 0.266 e. The van der Waals surface area contributed by atoms with Crippen molar-refractivity contribution in [2.45, 2.75) is 26.3 Å². The molecule has 0 atom stereocenters. The first-order valence-corrected chi connectivity index (χ1v) is 8.19. The zero-order chi connectivity index (χ0) is 16.5. The molecule has 0 saturated carbocycles. The van der Waals surface area contributed by atoms with Crippen LogP contribution in [-0.2, 0) is 6.54 Å². The molecule has 7 heteroatoms. The lowest BCUT2D eigenvalue weighted by Gasteiger charge is -2.32. The number of furan rings is 1. The summed E-state index contributed by atoms with van der Waals surface area (Å²) in [6, 6.07) is 5.24. The molecule has 0 radical (unpaired) electrons. The van der Waals surface area contributed by atoms with Gasteiger partial charge in [0.25, 0.3) is 5.56 Å². The Bertz CT molecular complexity index is 908. The summed E-state index contributed by atoms with van der Waals surface area (Å²) in [5, 5.41) is 13.6. The van der Waals surface area contributed by atoms with Gasteiger partial charge in [-0.3, -0.25) is 4.79 Å². The Morgan fingerprint density at radius 2 is 2.08 bits per heavy atom. The number of piperidine rings is 1. The number of hydrogen-bond donors (Lipinski definition) is 0. The SMILES string of the molecule is Cc1ccc(=O)n(CC2CCN(c3nncc4ccoc34)CC2)n1. The number of rotatable bonds is 3. The smallest absolute Gasteiger partial charge is 0.266 e. The van der Waals surface area contributed by atoms with Gasteiger partial charge in [0, 0.05) is 31.1 Å². The highest BCUT2D eigenvalue weighted by Gasteiger charge is 2.23. The average molecular weight is 325 g/mol. The third-order valence-electron chi connectivity index (χ3n) is 4.59. The predicted octanol–water partition coefficient (Wildman–Crippen LogP) is 2.00. The van der Waals surface area contributed by atoms with Crippen LogP contribution in [0.2, 0.25) is 0 Å². The van der Waals surface area contributed by atoms with E-state index in [4.69, 9.17) is 4.42 Å². The van der Waals surface area contributed by atoms with Crippen molar-refractivity contribution in [1.82, 2.24) is 20.0 Å². The van der Waals surface area contributed by atoms with E-state index in [2.05, 4.69) is 20.2 Å². The molecule has 7 nitrogen and oxygen atoms in total. The highest BCUT2D eigenvalue weighted by molar-refractivity contribution is 5.86. The van der Waals surface area contributed by atoms with Gasteiger partial charge >= 0.3 is 0 Å². The predicted molar refractivity (Wildman–Crippen MR) is 90.0 cm³/mol. The third kappa shape index (κ3) is 2.77. The minimum Gasteiger partial charge on any atom is -0.460 e. The van der Waals surface area contributed by atoms with E-state index in [1.807, 2.05) is 13.0 Å². The van der Waals surface area contributed by atoms with Crippen LogP contribution in [0.4, 0.5) is 5.82 Å². The Morgan fingerprint density at radius 1 is 1.25 bits per heavy atom. The zero-order valence-corrected chi connectivity index (χ0v) is 13.6. The largest absolute Gasteiger partial charge is 0.460 e. The number of aromatic nitrogens is 4. The number of hydrogen-bond acceptors (Lipinski definition) is 6. The summed E-state index contributed by atoms with van der Waals surface area (Å²) in [4.78, 5) is 14.1. The van der Waals surface area contributed by atoms with Crippen molar-refractivity contribution in [3.8, 4) is 0 Å². The van der Waals surface area contributed by atoms with Gasteiger partial charge in [-0.1, -0.05) is 0 Å². The van der Waals surface area contributed by atoms with Gasteiger partial charge in [-0.25, -0.2) is 4.68 Å². The van der Waals surface area contributed by atoms with Gasteiger partial charge in [0.05, 0.1) is 18.2 Å². The Morgan fingerprint density at radius 3 is 2.92 bits per heavy atom. The molecule has 0 N–H and O–H groups in total. The Labute approximate surface area is 138 Å². The maximum absolute atomic E-state index is 11.9. The Balaban J connectivity index is 1.46. The number of aryl methyl sites for hydroxylation is 1. The van der Waals surface area contributed by atoms with Crippen LogP contribution < -0.4 is 10.5 Å². The molecule has 0 bridgehead atoms. The van der Waals surface area contributed by atoms with E-state index in [1.54, 1.807) is 29.3 Å². The quantitative estimate of drug-likeness (QED) is 0.733. The van der Waals surface area contributed by atoms with E-state index in [9.17, 15) is 4.79 Å². The molecule has 124 valence electrons. The van der Waals surface area contributed by atoms with Crippen molar-refractivity contribution in [1.29, 1.82) is 0 Å². The van der Waals surface area contributed by atoms with Crippen LogP contribution in [0.15, 0.2) is 39.9 Å². The number of fused-ring (bicyclic) bond motifs is 1. The second kappa shape index (κ2) is 6.07. The van der Waals surface area contributed by atoms with E-state index in [0.29, 0.717) is 12.5 Å². The molecular formula is C17H19N5O2. The van der Waals surface area contributed by atoms with Gasteiger partial charge in [-0.15, -0.1) is 5.10 Å². The van der Waals surface area contributed by atoms with E-state index >= 15 is 0 Å². The van der Waals surface area contributed by atoms with E-state index < -0.39 is 0 Å². The lowest BCUT2D eigenvalue weighted by Crippen LogP contribution is -2.37. The Hall–Kier alpha value is -2.70. The lowest BCUT2D eigenvalue weighted by atomic mass is 9.97. The maximum atomic E-state index is 11.9. The summed E-state index contributed by atoms with van der Waals surface area (Å²) >= 11 is 0. The van der Waals surface area contributed by atoms with Crippen molar-refractivity contribution in [3.05, 3.63) is 46.7 Å². The third-order valence-corrected chi connectivity index (χ3v) is 4.59. The van der Waals surface area contributed by atoms with E-state index in [-0.39, 0.29) is 5.56 Å². The molecule has 1 aliphatic heterocycles. The van der Waals surface area contributed by atoms with Crippen LogP contribution in [0.1, 0.15) is 18.5 Å². The second-order valence-corrected chi connectivity index (χ2v) is 6.30. The van der Waals surface area contributed by atoms with Crippen molar-refractivity contribution < 1.29 is 4.42 Å². The fourth-order valence-corrected chi connectivity index (χ4v) is 3.25. The molecule has 1 fully saturated rings. The summed E-state index contributed by atoms with van der Waals surface area (Å²) < 4.78 is 7.14. The van der Waals surface area contributed by atoms with Gasteiger partial charge in [0.2, 0.25) is 0 Å². The fraction of sp³-hybridized carbons (Fsp3) is 0.412. The summed E-state index contributed by atoms with van der Waals surface area (Å²) in [6.45, 7) is 4.33. The van der Waals surface area contributed by atoms with E-state index in [0.717, 1.165) is 48.4 Å². The Kier molecular flexibility index (Phi) is 3.76. The van der Waals surface area contributed by atoms with Crippen molar-refractivity contribution in [2.75, 3.05) is 18.0 Å². The van der Waals surface area contributed by atoms with Crippen molar-refractivity contribution >= 4 is 16.8 Å². The summed E-state index contributed by atoms with van der Waals surface area (Å²) in [5.74, 6) is 1.25. The minimum atomic E-state index is -0.0331. The first kappa shape index (κ1) is 14.9. The molecule has 0 aromatic carbocycles. The number of nitrogens with zero attached hydrogens (tertiary/aromatic N) is 5. The van der Waals surface area contributed by atoms with Crippen LogP contribution in [0.3, 0.4) is 0 Å². The molecule has 0 spiro atoms. The van der Waals surface area contributed by atoms with Gasteiger partial charge in [-0.05, 0) is 37.8 Å². The monoisotopic (exact) mass is 325 g/mol. The van der Waals surface area contributed by atoms with Gasteiger partial charge in [0.15, 0.2) is 11.4 Å². The van der Waals surface area contributed by atoms with Crippen LogP contribution in [0.25, 0.3) is 11.0 Å². The molecule has 4 rings (SSSR count). The summed E-state index contributed by atoms with van der Waals surface area (Å²) in [6.07, 6.45) is 5.35. The molecule has 0 amide bonds. The molecule has 1 saturated heterocycles. The lowest BCUT2D eigenvalue weighted by molar-refractivity contribution is 0.333. The molecule has 24 heavy (non-hydrogen) atoms. The van der Waals surface area contributed by atoms with Gasteiger partial charge in [0.1, 0.15) is 0 Å². The summed E-state index contributed by atoms with van der Waals surface area (Å²) in [5.41, 5.74) is 1.63. The van der Waals surface area contributed by atoms with Crippen LogP contribution in [0, 0.1) is 12.8 Å². The molecule has 3 aromatic heterocycles. The normalized spacial score (nSPS) is 16.0. The van der Waals surface area contributed by atoms with Crippen molar-refractivity contribution in [2.24, 2.45) is 5.92 Å². The highest BCUT2D eigenvalue weighted by atomic mass is 16.3. The van der Waals surface area contributed by atoms with E-state index in [1.165, 1.54) is 0 Å². The van der Waals surface area contributed by atoms with Gasteiger partial charge < -0.3 is 9.32 Å². The standard InChI is InChI=1S/C17H19N5O2/c1-12-2-3-15(23)22(20-12)11-13-4-7-21(8-5-13)17-16-14(6-9-24-16)10-18-19-17/h2-3,6,9-10,13H,4-5,7-8,11H2,1H3. The van der Waals surface area contributed by atoms with Crippen molar-refractivity contribution in [3.63, 3.8) is 0 Å². The molecular weight excluding hydrogens is 306 g/mol. The highest BCUT2D eigenvalue weighted by Crippen LogP contribution is 2.28. The first-order valence-electron chi connectivity index (χ1n) is 8.19. The zero-order valence-electron chi connectivity index (χ0n) is 13.6. The first-order chi connectivity index (χ1) is 11.7. The molecule has 0 aliphatic carbocycles. The van der Waals surface area contributed by atoms with Crippen LogP contribution in [-0.4, -0.2) is 33.1 Å². The minimum absolute atomic E-state index is 0.0331. The second-order valence-electron chi connectivity index (χ2n) is 6.30. The van der Waals surface area contributed by atoms with Gasteiger partial charge in [-0.2, -0.15) is 10.2 Å². The van der Waals surface area contributed by atoms with Crippen LogP contribution >= 0.6 is 0 Å². The molecule has 3 aromatic rings. The fourth-order valence-electron chi connectivity index (χ4n) is 3.25. The topological polar surface area (TPSA) is 77.0 Å². The molecule has 1 aliphatic rings. The molecule has 4 heterocycles. The molecule has 0 unspecified atom stereocenters. The number of anilines is 1. The summed E-state index contributed by atoms with van der Waals surface area (Å²) in [7, 11) is 0.